The van der Waals surface area contributed by atoms with Gasteiger partial charge in [0.2, 0.25) is 5.75 Å². The van der Waals surface area contributed by atoms with Crippen molar-refractivity contribution < 1.29 is 40.6 Å². The smallest absolute Gasteiger partial charge is 0.460 e. The van der Waals surface area contributed by atoms with Crippen molar-refractivity contribution in [2.45, 2.75) is 26.8 Å². The maximum Gasteiger partial charge on any atom is 0.573 e. The van der Waals surface area contributed by atoms with E-state index in [0.717, 1.165) is 0 Å². The van der Waals surface area contributed by atoms with Crippen LogP contribution in [0, 0.1) is 34.7 Å². The highest BCUT2D eigenvalue weighted by Crippen LogP contribution is 2.60. The van der Waals surface area contributed by atoms with Gasteiger partial charge in [-0.05, 0) is 17.4 Å². The van der Waals surface area contributed by atoms with Crippen LogP contribution in [0.1, 0.15) is 19.4 Å². The van der Waals surface area contributed by atoms with E-state index in [9.17, 15) is 31.1 Å². The first-order chi connectivity index (χ1) is 12.3. The first-order valence-corrected chi connectivity index (χ1v) is 8.13. The summed E-state index contributed by atoms with van der Waals surface area (Å²) < 4.78 is 85.8. The molecule has 0 spiro atoms. The summed E-state index contributed by atoms with van der Waals surface area (Å²) >= 11 is 11.1. The minimum absolute atomic E-state index is 0.00714. The quantitative estimate of drug-likeness (QED) is 0.442. The highest BCUT2D eigenvalue weighted by molar-refractivity contribution is 6.55. The molecule has 0 heterocycles. The molecule has 27 heavy (non-hydrogen) atoms. The maximum absolute atomic E-state index is 14.1. The Morgan fingerprint density at radius 3 is 2.33 bits per heavy atom. The predicted molar refractivity (Wildman–Crippen MR) is 83.3 cm³/mol. The van der Waals surface area contributed by atoms with Crippen molar-refractivity contribution in [1.29, 1.82) is 0 Å². The molecule has 2 rings (SSSR count). The summed E-state index contributed by atoms with van der Waals surface area (Å²) in [5.41, 5.74) is -1.67. The van der Waals surface area contributed by atoms with Crippen molar-refractivity contribution in [3.05, 3.63) is 39.6 Å². The van der Waals surface area contributed by atoms with Crippen LogP contribution in [0.15, 0.2) is 16.6 Å². The lowest BCUT2D eigenvalue weighted by Gasteiger charge is -2.14. The monoisotopic (exact) mass is 436 g/mol. The molecule has 0 aromatic heterocycles. The van der Waals surface area contributed by atoms with E-state index in [4.69, 9.17) is 27.9 Å². The fraction of sp³-hybridized carbons (Fsp3) is 0.438. The normalized spacial score (nSPS) is 20.8. The number of ether oxygens (including phenoxy) is 2. The number of allylic oxidation sites excluding steroid dienone is 1. The third-order valence-electron chi connectivity index (χ3n) is 4.27. The molecule has 1 fully saturated rings. The van der Waals surface area contributed by atoms with Crippen molar-refractivity contribution in [2.24, 2.45) is 17.3 Å². The van der Waals surface area contributed by atoms with E-state index in [0.29, 0.717) is 0 Å². The van der Waals surface area contributed by atoms with Crippen LogP contribution in [0.3, 0.4) is 0 Å². The van der Waals surface area contributed by atoms with Crippen LogP contribution >= 0.6 is 23.2 Å². The lowest BCUT2D eigenvalue weighted by molar-refractivity contribution is -0.276. The molecule has 0 saturated heterocycles. The fourth-order valence-corrected chi connectivity index (χ4v) is 3.03. The number of benzene rings is 1. The van der Waals surface area contributed by atoms with Gasteiger partial charge in [0.25, 0.3) is 0 Å². The Bertz CT molecular complexity index is 787. The summed E-state index contributed by atoms with van der Waals surface area (Å²) in [6, 6.07) is 0.00714. The molecule has 1 aromatic rings. The van der Waals surface area contributed by atoms with Gasteiger partial charge < -0.3 is 9.47 Å². The van der Waals surface area contributed by atoms with E-state index < -0.39 is 59.0 Å². The Hall–Kier alpha value is -1.61. The molecule has 2 atom stereocenters. The maximum atomic E-state index is 14.1. The van der Waals surface area contributed by atoms with Gasteiger partial charge in [-0.15, -0.1) is 13.2 Å². The number of esters is 1. The average molecular weight is 437 g/mol. The van der Waals surface area contributed by atoms with Gasteiger partial charge in [0.1, 0.15) is 16.9 Å². The van der Waals surface area contributed by atoms with Crippen molar-refractivity contribution >= 4 is 29.2 Å². The number of rotatable bonds is 5. The summed E-state index contributed by atoms with van der Waals surface area (Å²) in [6.07, 6.45) is -3.99. The van der Waals surface area contributed by atoms with Gasteiger partial charge in [-0.25, -0.2) is 13.2 Å². The predicted octanol–water partition coefficient (Wildman–Crippen LogP) is 5.64. The van der Waals surface area contributed by atoms with Gasteiger partial charge in [0, 0.05) is 6.07 Å². The number of carbonyl (C=O) groups is 1. The van der Waals surface area contributed by atoms with E-state index in [1.165, 1.54) is 6.08 Å². The molecule has 1 aliphatic rings. The molecule has 2 unspecified atom stereocenters. The Balaban J connectivity index is 2.18. The summed E-state index contributed by atoms with van der Waals surface area (Å²) in [4.78, 5) is 12.1. The SMILES string of the molecule is CC1(C)C(C=C(Cl)Cl)C1C(=O)OCc1c(F)cc(F)c(OC(F)(F)F)c1F. The van der Waals surface area contributed by atoms with E-state index in [2.05, 4.69) is 4.74 Å². The van der Waals surface area contributed by atoms with Crippen LogP contribution in [-0.4, -0.2) is 12.3 Å². The molecule has 0 bridgehead atoms. The molecule has 150 valence electrons. The van der Waals surface area contributed by atoms with E-state index >= 15 is 0 Å². The van der Waals surface area contributed by atoms with Gasteiger partial charge in [-0.3, -0.25) is 4.79 Å². The molecule has 0 N–H and O–H groups in total. The molecule has 0 amide bonds. The topological polar surface area (TPSA) is 35.5 Å². The minimum Gasteiger partial charge on any atom is -0.460 e. The van der Waals surface area contributed by atoms with Gasteiger partial charge in [0.05, 0.1) is 11.5 Å². The van der Waals surface area contributed by atoms with Crippen molar-refractivity contribution in [3.8, 4) is 5.75 Å². The van der Waals surface area contributed by atoms with Crippen molar-refractivity contribution in [1.82, 2.24) is 0 Å². The summed E-state index contributed by atoms with van der Waals surface area (Å²) in [5, 5.41) is 0. The lowest BCUT2D eigenvalue weighted by atomic mass is 10.1. The largest absolute Gasteiger partial charge is 0.573 e. The molecule has 1 aromatic carbocycles. The standard InChI is InChI=1S/C16H12Cl2F6O3/c1-15(2)7(3-10(17)18)11(15)14(25)26-5-6-8(19)4-9(20)13(12(6)21)27-16(22,23)24/h3-4,7,11H,5H2,1-2H3. The lowest BCUT2D eigenvalue weighted by Crippen LogP contribution is -2.20. The molecule has 11 heteroatoms. The number of alkyl halides is 3. The Morgan fingerprint density at radius 2 is 1.81 bits per heavy atom. The zero-order valence-electron chi connectivity index (χ0n) is 13.8. The number of hydrogen-bond donors (Lipinski definition) is 0. The van der Waals surface area contributed by atoms with E-state index in [1.54, 1.807) is 13.8 Å². The van der Waals surface area contributed by atoms with Gasteiger partial charge >= 0.3 is 12.3 Å². The molecule has 1 saturated carbocycles. The van der Waals surface area contributed by atoms with Crippen LogP contribution in [0.25, 0.3) is 0 Å². The number of halogens is 8. The molecule has 0 aliphatic heterocycles. The van der Waals surface area contributed by atoms with Crippen molar-refractivity contribution in [3.63, 3.8) is 0 Å². The molecular weight excluding hydrogens is 425 g/mol. The van der Waals surface area contributed by atoms with Crippen molar-refractivity contribution in [2.75, 3.05) is 0 Å². The van der Waals surface area contributed by atoms with Crippen LogP contribution in [0.2, 0.25) is 0 Å². The first kappa shape index (κ1) is 21.7. The minimum atomic E-state index is -5.40. The number of hydrogen-bond acceptors (Lipinski definition) is 3. The van der Waals surface area contributed by atoms with Gasteiger partial charge in [-0.1, -0.05) is 37.0 Å². The second-order valence-corrected chi connectivity index (χ2v) is 7.41. The number of carbonyl (C=O) groups excluding carboxylic acids is 1. The third kappa shape index (κ3) is 4.82. The van der Waals surface area contributed by atoms with Gasteiger partial charge in [0.15, 0.2) is 11.6 Å². The fourth-order valence-electron chi connectivity index (χ4n) is 2.76. The third-order valence-corrected chi connectivity index (χ3v) is 4.52. The highest BCUT2D eigenvalue weighted by Gasteiger charge is 2.61. The summed E-state index contributed by atoms with van der Waals surface area (Å²) in [7, 11) is 0. The second-order valence-electron chi connectivity index (χ2n) is 6.40. The van der Waals surface area contributed by atoms with Crippen LogP contribution in [0.5, 0.6) is 5.75 Å². The zero-order chi connectivity index (χ0) is 20.7. The second kappa shape index (κ2) is 7.43. The zero-order valence-corrected chi connectivity index (χ0v) is 15.3. The summed E-state index contributed by atoms with van der Waals surface area (Å²) in [5.74, 6) is -9.17. The molecular formula is C16H12Cl2F6O3. The summed E-state index contributed by atoms with van der Waals surface area (Å²) in [6.45, 7) is 2.35. The van der Waals surface area contributed by atoms with Gasteiger partial charge in [-0.2, -0.15) is 0 Å². The first-order valence-electron chi connectivity index (χ1n) is 7.37. The van der Waals surface area contributed by atoms with Crippen LogP contribution < -0.4 is 4.74 Å². The van der Waals surface area contributed by atoms with E-state index in [-0.39, 0.29) is 16.5 Å². The molecule has 1 aliphatic carbocycles. The Kier molecular flexibility index (Phi) is 5.96. The Morgan fingerprint density at radius 1 is 1.22 bits per heavy atom. The van der Waals surface area contributed by atoms with Crippen LogP contribution in [0.4, 0.5) is 26.3 Å². The molecule has 0 radical (unpaired) electrons. The highest BCUT2D eigenvalue weighted by atomic mass is 35.5. The molecule has 3 nitrogen and oxygen atoms in total. The average Bonchev–Trinajstić information content (AvgIpc) is 3.02. The van der Waals surface area contributed by atoms with E-state index in [1.807, 2.05) is 0 Å². The van der Waals surface area contributed by atoms with Crippen LogP contribution in [-0.2, 0) is 16.1 Å². The Labute approximate surface area is 159 Å².